The predicted molar refractivity (Wildman–Crippen MR) is 85.2 cm³/mol. The zero-order valence-electron chi connectivity index (χ0n) is 13.2. The molecule has 0 N–H and O–H groups in total. The van der Waals surface area contributed by atoms with Gasteiger partial charge in [-0.25, -0.2) is 0 Å². The lowest BCUT2D eigenvalue weighted by Gasteiger charge is -2.16. The van der Waals surface area contributed by atoms with Crippen molar-refractivity contribution in [2.24, 2.45) is 7.05 Å². The minimum Gasteiger partial charge on any atom is -0.497 e. The van der Waals surface area contributed by atoms with Crippen LogP contribution in [-0.4, -0.2) is 24.9 Å². The quantitative estimate of drug-likeness (QED) is 0.817. The summed E-state index contributed by atoms with van der Waals surface area (Å²) in [5.41, 5.74) is 2.25. The number of benzene rings is 1. The van der Waals surface area contributed by atoms with Crippen molar-refractivity contribution in [3.63, 3.8) is 0 Å². The summed E-state index contributed by atoms with van der Waals surface area (Å²) in [5, 5.41) is 0.573. The lowest BCUT2D eigenvalue weighted by molar-refractivity contribution is 0.254. The molecular weight excluding hydrogens is 282 g/mol. The van der Waals surface area contributed by atoms with Crippen molar-refractivity contribution in [1.82, 2.24) is 4.57 Å². The SMILES string of the molecule is C=C(C)[C@H]1Cc2c(n(C)c3c(OC)cc(OC)cc3c2=O)O1. The summed E-state index contributed by atoms with van der Waals surface area (Å²) in [4.78, 5) is 12.8. The van der Waals surface area contributed by atoms with E-state index in [1.807, 2.05) is 18.5 Å². The smallest absolute Gasteiger partial charge is 0.201 e. The van der Waals surface area contributed by atoms with Crippen molar-refractivity contribution in [3.05, 3.63) is 40.1 Å². The van der Waals surface area contributed by atoms with Crippen molar-refractivity contribution in [2.45, 2.75) is 19.4 Å². The first kappa shape index (κ1) is 14.5. The first-order valence-electron chi connectivity index (χ1n) is 7.07. The second-order valence-electron chi connectivity index (χ2n) is 5.55. The number of nitrogens with zero attached hydrogens (tertiary/aromatic N) is 1. The number of fused-ring (bicyclic) bond motifs is 2. The predicted octanol–water partition coefficient (Wildman–Crippen LogP) is 2.44. The first-order chi connectivity index (χ1) is 10.5. The van der Waals surface area contributed by atoms with Gasteiger partial charge in [0, 0.05) is 19.5 Å². The van der Waals surface area contributed by atoms with Gasteiger partial charge in [-0.3, -0.25) is 4.79 Å². The normalized spacial score (nSPS) is 16.3. The van der Waals surface area contributed by atoms with Crippen molar-refractivity contribution >= 4 is 10.9 Å². The number of aryl methyl sites for hydroxylation is 1. The van der Waals surface area contributed by atoms with E-state index in [-0.39, 0.29) is 11.5 Å². The molecule has 0 unspecified atom stereocenters. The summed E-state index contributed by atoms with van der Waals surface area (Å²) in [5.74, 6) is 1.77. The van der Waals surface area contributed by atoms with Gasteiger partial charge in [-0.1, -0.05) is 6.58 Å². The molecule has 3 rings (SSSR count). The highest BCUT2D eigenvalue weighted by atomic mass is 16.5. The number of hydrogen-bond acceptors (Lipinski definition) is 4. The molecule has 0 saturated heterocycles. The molecule has 0 fully saturated rings. The molecule has 2 aromatic rings. The molecule has 0 saturated carbocycles. The maximum atomic E-state index is 12.8. The Hall–Kier alpha value is -2.43. The molecule has 116 valence electrons. The van der Waals surface area contributed by atoms with E-state index < -0.39 is 0 Å². The highest BCUT2D eigenvalue weighted by Crippen LogP contribution is 2.36. The summed E-state index contributed by atoms with van der Waals surface area (Å²) in [6.07, 6.45) is 0.394. The molecule has 0 aliphatic carbocycles. The summed E-state index contributed by atoms with van der Waals surface area (Å²) in [7, 11) is 5.01. The van der Waals surface area contributed by atoms with E-state index in [1.54, 1.807) is 26.4 Å². The van der Waals surface area contributed by atoms with Gasteiger partial charge in [-0.2, -0.15) is 0 Å². The van der Waals surface area contributed by atoms with Crippen LogP contribution in [0, 0.1) is 0 Å². The van der Waals surface area contributed by atoms with Crippen LogP contribution >= 0.6 is 0 Å². The van der Waals surface area contributed by atoms with Crippen LogP contribution in [0.4, 0.5) is 0 Å². The Bertz CT molecular complexity index is 835. The van der Waals surface area contributed by atoms with E-state index in [2.05, 4.69) is 6.58 Å². The lowest BCUT2D eigenvalue weighted by atomic mass is 10.0. The maximum absolute atomic E-state index is 12.8. The number of rotatable bonds is 3. The van der Waals surface area contributed by atoms with Crippen LogP contribution in [0.25, 0.3) is 10.9 Å². The monoisotopic (exact) mass is 301 g/mol. The second-order valence-corrected chi connectivity index (χ2v) is 5.55. The Morgan fingerprint density at radius 3 is 2.68 bits per heavy atom. The molecule has 1 aromatic heterocycles. The van der Waals surface area contributed by atoms with Gasteiger partial charge >= 0.3 is 0 Å². The number of hydrogen-bond donors (Lipinski definition) is 0. The zero-order valence-corrected chi connectivity index (χ0v) is 13.2. The summed E-state index contributed by atoms with van der Waals surface area (Å²) >= 11 is 0. The largest absolute Gasteiger partial charge is 0.497 e. The number of methoxy groups -OCH3 is 2. The van der Waals surface area contributed by atoms with Crippen LogP contribution < -0.4 is 19.6 Å². The van der Waals surface area contributed by atoms with E-state index >= 15 is 0 Å². The molecule has 0 bridgehead atoms. The third-order valence-corrected chi connectivity index (χ3v) is 4.11. The fourth-order valence-corrected chi connectivity index (χ4v) is 2.91. The molecule has 5 heteroatoms. The standard InChI is InChI=1S/C17H19NO4/c1-9(2)13-8-12-16(19)11-6-10(20-4)7-14(21-5)15(11)18(3)17(12)22-13/h6-7,13H,1,8H2,2-5H3/t13-/m1/s1. The lowest BCUT2D eigenvalue weighted by Crippen LogP contribution is -2.14. The van der Waals surface area contributed by atoms with Crippen molar-refractivity contribution in [1.29, 1.82) is 0 Å². The number of pyridine rings is 1. The van der Waals surface area contributed by atoms with Crippen LogP contribution in [-0.2, 0) is 13.5 Å². The Morgan fingerprint density at radius 2 is 2.09 bits per heavy atom. The van der Waals surface area contributed by atoms with Crippen molar-refractivity contribution in [3.8, 4) is 17.4 Å². The molecular formula is C17H19NO4. The topological polar surface area (TPSA) is 49.7 Å². The fraction of sp³-hybridized carbons (Fsp3) is 0.353. The molecule has 1 atom stereocenters. The van der Waals surface area contributed by atoms with Gasteiger partial charge in [-0.05, 0) is 18.6 Å². The van der Waals surface area contributed by atoms with Gasteiger partial charge in [0.25, 0.3) is 0 Å². The van der Waals surface area contributed by atoms with Gasteiger partial charge in [0.2, 0.25) is 5.88 Å². The fourth-order valence-electron chi connectivity index (χ4n) is 2.91. The molecule has 1 aromatic carbocycles. The van der Waals surface area contributed by atoms with Crippen LogP contribution in [0.3, 0.4) is 0 Å². The van der Waals surface area contributed by atoms with Gasteiger partial charge in [-0.15, -0.1) is 0 Å². The third-order valence-electron chi connectivity index (χ3n) is 4.11. The van der Waals surface area contributed by atoms with Crippen LogP contribution in [0.2, 0.25) is 0 Å². The zero-order chi connectivity index (χ0) is 16.0. The van der Waals surface area contributed by atoms with Crippen LogP contribution in [0.15, 0.2) is 29.1 Å². The van der Waals surface area contributed by atoms with Crippen molar-refractivity contribution < 1.29 is 14.2 Å². The van der Waals surface area contributed by atoms with E-state index in [0.717, 1.165) is 5.57 Å². The molecule has 1 aliphatic rings. The first-order valence-corrected chi connectivity index (χ1v) is 7.07. The molecule has 22 heavy (non-hydrogen) atoms. The van der Waals surface area contributed by atoms with E-state index in [9.17, 15) is 4.79 Å². The summed E-state index contributed by atoms with van der Waals surface area (Å²) < 4.78 is 18.5. The second kappa shape index (κ2) is 5.09. The van der Waals surface area contributed by atoms with E-state index in [0.29, 0.717) is 40.3 Å². The molecule has 0 spiro atoms. The highest BCUT2D eigenvalue weighted by Gasteiger charge is 2.30. The van der Waals surface area contributed by atoms with Crippen LogP contribution in [0.1, 0.15) is 12.5 Å². The third kappa shape index (κ3) is 1.96. The van der Waals surface area contributed by atoms with E-state index in [1.165, 1.54) is 0 Å². The minimum absolute atomic E-state index is 0.0379. The Morgan fingerprint density at radius 1 is 1.36 bits per heavy atom. The van der Waals surface area contributed by atoms with E-state index in [4.69, 9.17) is 14.2 Å². The van der Waals surface area contributed by atoms with Gasteiger partial charge in [0.15, 0.2) is 5.43 Å². The Balaban J connectivity index is 2.36. The average molecular weight is 301 g/mol. The highest BCUT2D eigenvalue weighted by molar-refractivity contribution is 5.88. The van der Waals surface area contributed by atoms with Crippen LogP contribution in [0.5, 0.6) is 17.4 Å². The van der Waals surface area contributed by atoms with Crippen molar-refractivity contribution in [2.75, 3.05) is 14.2 Å². The minimum atomic E-state index is -0.154. The molecule has 0 amide bonds. The number of ether oxygens (including phenoxy) is 3. The number of aromatic nitrogens is 1. The maximum Gasteiger partial charge on any atom is 0.201 e. The summed E-state index contributed by atoms with van der Waals surface area (Å²) in [6, 6.07) is 3.51. The van der Waals surface area contributed by atoms with Gasteiger partial charge < -0.3 is 18.8 Å². The molecule has 0 radical (unpaired) electrons. The molecule has 2 heterocycles. The molecule has 5 nitrogen and oxygen atoms in total. The Kier molecular flexibility index (Phi) is 3.35. The average Bonchev–Trinajstić information content (AvgIpc) is 2.97. The van der Waals surface area contributed by atoms with Gasteiger partial charge in [0.05, 0.1) is 30.7 Å². The molecule has 1 aliphatic heterocycles. The van der Waals surface area contributed by atoms with Gasteiger partial charge in [0.1, 0.15) is 17.6 Å². The Labute approximate surface area is 128 Å². The summed E-state index contributed by atoms with van der Waals surface area (Å²) in [6.45, 7) is 5.84.